The van der Waals surface area contributed by atoms with Crippen molar-refractivity contribution in [2.45, 2.75) is 39.0 Å². The zero-order valence-electron chi connectivity index (χ0n) is 10.1. The number of aryl methyl sites for hydroxylation is 1. The summed E-state index contributed by atoms with van der Waals surface area (Å²) in [6.45, 7) is 6.14. The highest BCUT2D eigenvalue weighted by Crippen LogP contribution is 2.64. The summed E-state index contributed by atoms with van der Waals surface area (Å²) in [5, 5.41) is 9.46. The second kappa shape index (κ2) is 3.34. The van der Waals surface area contributed by atoms with Crippen LogP contribution in [0.4, 0.5) is 0 Å². The third kappa shape index (κ3) is 1.36. The lowest BCUT2D eigenvalue weighted by Crippen LogP contribution is -2.25. The van der Waals surface area contributed by atoms with Crippen molar-refractivity contribution in [3.63, 3.8) is 0 Å². The van der Waals surface area contributed by atoms with Crippen LogP contribution in [-0.2, 0) is 16.6 Å². The van der Waals surface area contributed by atoms with Gasteiger partial charge in [-0.3, -0.25) is 4.79 Å². The summed E-state index contributed by atoms with van der Waals surface area (Å²) in [4.78, 5) is 11.5. The SMILES string of the molecule is CCc1cccc(C2(C(=O)O)CC2(C)C)c1. The number of carbonyl (C=O) groups is 1. The first kappa shape index (κ1) is 11.2. The van der Waals surface area contributed by atoms with E-state index in [4.69, 9.17) is 0 Å². The highest BCUT2D eigenvalue weighted by Gasteiger charge is 2.67. The van der Waals surface area contributed by atoms with Crippen LogP contribution in [0.25, 0.3) is 0 Å². The number of aliphatic carboxylic acids is 1. The molecule has 16 heavy (non-hydrogen) atoms. The summed E-state index contributed by atoms with van der Waals surface area (Å²) < 4.78 is 0. The van der Waals surface area contributed by atoms with Crippen molar-refractivity contribution >= 4 is 5.97 Å². The van der Waals surface area contributed by atoms with Gasteiger partial charge in [0, 0.05) is 0 Å². The highest BCUT2D eigenvalue weighted by atomic mass is 16.4. The quantitative estimate of drug-likeness (QED) is 0.846. The molecule has 0 amide bonds. The summed E-state index contributed by atoms with van der Waals surface area (Å²) in [5.41, 5.74) is 1.40. The van der Waals surface area contributed by atoms with Crippen molar-refractivity contribution in [1.29, 1.82) is 0 Å². The van der Waals surface area contributed by atoms with Gasteiger partial charge in [0.1, 0.15) is 0 Å². The van der Waals surface area contributed by atoms with Crippen LogP contribution in [0.3, 0.4) is 0 Å². The molecule has 0 saturated heterocycles. The lowest BCUT2D eigenvalue weighted by atomic mass is 9.87. The molecule has 0 aromatic heterocycles. The van der Waals surface area contributed by atoms with Crippen molar-refractivity contribution in [2.75, 3.05) is 0 Å². The Morgan fingerprint density at radius 1 is 1.44 bits per heavy atom. The molecule has 0 spiro atoms. The Morgan fingerprint density at radius 3 is 2.50 bits per heavy atom. The van der Waals surface area contributed by atoms with Gasteiger partial charge in [0.05, 0.1) is 5.41 Å². The third-order valence-corrected chi connectivity index (χ3v) is 3.93. The van der Waals surface area contributed by atoms with Gasteiger partial charge in [-0.25, -0.2) is 0 Å². The molecule has 1 aromatic carbocycles. The van der Waals surface area contributed by atoms with Crippen molar-refractivity contribution < 1.29 is 9.90 Å². The minimum atomic E-state index is -0.689. The lowest BCUT2D eigenvalue weighted by molar-refractivity contribution is -0.141. The van der Waals surface area contributed by atoms with E-state index in [2.05, 4.69) is 13.0 Å². The molecule has 86 valence electrons. The van der Waals surface area contributed by atoms with Gasteiger partial charge >= 0.3 is 5.97 Å². The summed E-state index contributed by atoms with van der Waals surface area (Å²) in [6.07, 6.45) is 1.69. The topological polar surface area (TPSA) is 37.3 Å². The molecule has 1 fully saturated rings. The largest absolute Gasteiger partial charge is 0.481 e. The molecule has 2 rings (SSSR count). The predicted octanol–water partition coefficient (Wildman–Crippen LogP) is 3.00. The Kier molecular flexibility index (Phi) is 2.33. The van der Waals surface area contributed by atoms with Crippen LogP contribution in [0.2, 0.25) is 0 Å². The van der Waals surface area contributed by atoms with E-state index in [9.17, 15) is 9.90 Å². The van der Waals surface area contributed by atoms with Gasteiger partial charge in [0.15, 0.2) is 0 Å². The molecule has 0 radical (unpaired) electrons. The molecular formula is C14H18O2. The first-order chi connectivity index (χ1) is 7.44. The molecule has 0 heterocycles. The van der Waals surface area contributed by atoms with Gasteiger partial charge in [-0.15, -0.1) is 0 Å². The number of rotatable bonds is 3. The maximum absolute atomic E-state index is 11.5. The Hall–Kier alpha value is -1.31. The van der Waals surface area contributed by atoms with Crippen molar-refractivity contribution in [2.24, 2.45) is 5.41 Å². The average Bonchev–Trinajstić information content (AvgIpc) is 2.83. The second-order valence-corrected chi connectivity index (χ2v) is 5.33. The Balaban J connectivity index is 2.47. The van der Waals surface area contributed by atoms with Gasteiger partial charge in [-0.05, 0) is 29.4 Å². The zero-order chi connectivity index (χ0) is 12.0. The molecule has 1 atom stereocenters. The predicted molar refractivity (Wildman–Crippen MR) is 63.5 cm³/mol. The minimum Gasteiger partial charge on any atom is -0.481 e. The molecule has 0 bridgehead atoms. The van der Waals surface area contributed by atoms with E-state index in [1.165, 1.54) is 5.56 Å². The highest BCUT2D eigenvalue weighted by molar-refractivity contribution is 5.87. The summed E-state index contributed by atoms with van der Waals surface area (Å²) in [5.74, 6) is -0.689. The van der Waals surface area contributed by atoms with E-state index in [-0.39, 0.29) is 5.41 Å². The zero-order valence-corrected chi connectivity index (χ0v) is 10.1. The molecule has 2 heteroatoms. The van der Waals surface area contributed by atoms with Gasteiger partial charge in [0.2, 0.25) is 0 Å². The summed E-state index contributed by atoms with van der Waals surface area (Å²) in [7, 11) is 0. The summed E-state index contributed by atoms with van der Waals surface area (Å²) >= 11 is 0. The van der Waals surface area contributed by atoms with Gasteiger partial charge in [0.25, 0.3) is 0 Å². The minimum absolute atomic E-state index is 0.120. The molecule has 1 aliphatic rings. The monoisotopic (exact) mass is 218 g/mol. The van der Waals surface area contributed by atoms with Crippen LogP contribution in [0, 0.1) is 5.41 Å². The van der Waals surface area contributed by atoms with Crippen LogP contribution in [0.1, 0.15) is 38.3 Å². The van der Waals surface area contributed by atoms with Crippen LogP contribution in [0.5, 0.6) is 0 Å². The van der Waals surface area contributed by atoms with Crippen molar-refractivity contribution in [3.8, 4) is 0 Å². The fourth-order valence-corrected chi connectivity index (χ4v) is 2.66. The standard InChI is InChI=1S/C14H18O2/c1-4-10-6-5-7-11(8-10)14(12(15)16)9-13(14,2)3/h5-8H,4,9H2,1-3H3,(H,15,16). The van der Waals surface area contributed by atoms with E-state index in [1.54, 1.807) is 0 Å². The lowest BCUT2D eigenvalue weighted by Gasteiger charge is -2.16. The molecule has 1 aliphatic carbocycles. The van der Waals surface area contributed by atoms with Crippen molar-refractivity contribution in [3.05, 3.63) is 35.4 Å². The molecule has 1 aromatic rings. The number of carboxylic acid groups (broad SMARTS) is 1. The molecule has 1 unspecified atom stereocenters. The maximum atomic E-state index is 11.5. The number of hydrogen-bond acceptors (Lipinski definition) is 1. The number of hydrogen-bond donors (Lipinski definition) is 1. The molecule has 1 N–H and O–H groups in total. The smallest absolute Gasteiger partial charge is 0.314 e. The van der Waals surface area contributed by atoms with E-state index in [0.717, 1.165) is 18.4 Å². The van der Waals surface area contributed by atoms with Gasteiger partial charge < -0.3 is 5.11 Å². The summed E-state index contributed by atoms with van der Waals surface area (Å²) in [6, 6.07) is 8.01. The average molecular weight is 218 g/mol. The van der Waals surface area contributed by atoms with E-state index in [1.807, 2.05) is 32.0 Å². The van der Waals surface area contributed by atoms with Crippen LogP contribution in [0.15, 0.2) is 24.3 Å². The Bertz CT molecular complexity index is 434. The first-order valence-corrected chi connectivity index (χ1v) is 5.77. The molecular weight excluding hydrogens is 200 g/mol. The Morgan fingerprint density at radius 2 is 2.06 bits per heavy atom. The molecule has 2 nitrogen and oxygen atoms in total. The Labute approximate surface area is 96.3 Å². The third-order valence-electron chi connectivity index (χ3n) is 3.93. The van der Waals surface area contributed by atoms with Crippen LogP contribution in [-0.4, -0.2) is 11.1 Å². The number of carboxylic acids is 1. The van der Waals surface area contributed by atoms with E-state index in [0.29, 0.717) is 0 Å². The second-order valence-electron chi connectivity index (χ2n) is 5.33. The van der Waals surface area contributed by atoms with Crippen LogP contribution >= 0.6 is 0 Å². The van der Waals surface area contributed by atoms with Crippen LogP contribution < -0.4 is 0 Å². The normalized spacial score (nSPS) is 26.4. The first-order valence-electron chi connectivity index (χ1n) is 5.77. The molecule has 0 aliphatic heterocycles. The van der Waals surface area contributed by atoms with E-state index < -0.39 is 11.4 Å². The molecule has 1 saturated carbocycles. The van der Waals surface area contributed by atoms with Gasteiger partial charge in [-0.2, -0.15) is 0 Å². The maximum Gasteiger partial charge on any atom is 0.314 e. The van der Waals surface area contributed by atoms with Crippen molar-refractivity contribution in [1.82, 2.24) is 0 Å². The van der Waals surface area contributed by atoms with E-state index >= 15 is 0 Å². The number of benzene rings is 1. The fourth-order valence-electron chi connectivity index (χ4n) is 2.66. The fraction of sp³-hybridized carbons (Fsp3) is 0.500. The van der Waals surface area contributed by atoms with Gasteiger partial charge in [-0.1, -0.05) is 45.0 Å².